The number of hydrogen-bond acceptors (Lipinski definition) is 4. The van der Waals surface area contributed by atoms with Crippen LogP contribution in [-0.4, -0.2) is 20.6 Å². The Morgan fingerprint density at radius 1 is 0.544 bits per heavy atom. The van der Waals surface area contributed by atoms with Gasteiger partial charge < -0.3 is 9.47 Å². The number of anilines is 2. The first kappa shape index (κ1) is 32.2. The van der Waals surface area contributed by atoms with Crippen LogP contribution in [0.25, 0.3) is 81.6 Å². The molecule has 0 spiro atoms. The van der Waals surface area contributed by atoms with Gasteiger partial charge in [-0.05, 0) is 83.8 Å². The Morgan fingerprint density at radius 2 is 1.26 bits per heavy atom. The van der Waals surface area contributed by atoms with E-state index in [4.69, 9.17) is 9.97 Å². The molecule has 7 aromatic carbocycles. The van der Waals surface area contributed by atoms with E-state index in [1.54, 1.807) is 11.3 Å². The number of fused-ring (bicyclic) bond motifs is 9. The summed E-state index contributed by atoms with van der Waals surface area (Å²) in [5.74, 6) is 0.727. The van der Waals surface area contributed by atoms with Crippen LogP contribution in [0.15, 0.2) is 188 Å². The van der Waals surface area contributed by atoms with Crippen LogP contribution in [0.4, 0.5) is 11.4 Å². The molecular weight excluding hydrogens is 713 g/mol. The summed E-state index contributed by atoms with van der Waals surface area (Å²) in [7, 11) is 0. The summed E-state index contributed by atoms with van der Waals surface area (Å²) in [4.78, 5) is 13.1. The van der Waals surface area contributed by atoms with Gasteiger partial charge in [-0.2, -0.15) is 0 Å². The number of thiophene rings is 1. The molecule has 1 aliphatic carbocycles. The van der Waals surface area contributed by atoms with Crippen molar-refractivity contribution in [1.29, 1.82) is 0 Å². The molecule has 1 atom stereocenters. The molecule has 0 N–H and O–H groups in total. The van der Waals surface area contributed by atoms with Crippen molar-refractivity contribution in [3.63, 3.8) is 0 Å². The largest absolute Gasteiger partial charge is 0.333 e. The Kier molecular flexibility index (Phi) is 7.19. The number of para-hydroxylation sites is 3. The summed E-state index contributed by atoms with van der Waals surface area (Å²) in [6.45, 7) is 0. The number of benzene rings is 7. The van der Waals surface area contributed by atoms with Gasteiger partial charge in [0, 0.05) is 54.6 Å². The molecule has 0 saturated heterocycles. The topological polar surface area (TPSA) is 34.0 Å². The van der Waals surface area contributed by atoms with Crippen LogP contribution < -0.4 is 4.90 Å². The molecule has 4 nitrogen and oxygen atoms in total. The monoisotopic (exact) mass is 746 g/mol. The summed E-state index contributed by atoms with van der Waals surface area (Å²) in [5, 5.41) is 3.64. The van der Waals surface area contributed by atoms with Gasteiger partial charge in [0.15, 0.2) is 5.82 Å². The molecule has 5 heteroatoms. The fourth-order valence-electron chi connectivity index (χ4n) is 9.12. The highest BCUT2D eigenvalue weighted by Crippen LogP contribution is 2.49. The highest BCUT2D eigenvalue weighted by Gasteiger charge is 2.35. The maximum absolute atomic E-state index is 5.28. The highest BCUT2D eigenvalue weighted by molar-refractivity contribution is 7.26. The van der Waals surface area contributed by atoms with Crippen LogP contribution in [-0.2, 0) is 0 Å². The molecule has 0 radical (unpaired) electrons. The fourth-order valence-corrected chi connectivity index (χ4v) is 10.3. The molecule has 0 bridgehead atoms. The summed E-state index contributed by atoms with van der Waals surface area (Å²) < 4.78 is 4.73. The van der Waals surface area contributed by atoms with Crippen LogP contribution >= 0.6 is 11.3 Å². The number of nitrogens with zero attached hydrogens (tertiary/aromatic N) is 4. The van der Waals surface area contributed by atoms with Crippen LogP contribution in [0, 0.1) is 0 Å². The second-order valence-corrected chi connectivity index (χ2v) is 16.0. The van der Waals surface area contributed by atoms with Gasteiger partial charge in [0.05, 0.1) is 33.0 Å². The van der Waals surface area contributed by atoms with Gasteiger partial charge in [-0.1, -0.05) is 127 Å². The summed E-state index contributed by atoms with van der Waals surface area (Å²) in [6, 6.07) is 63.4. The SMILES string of the molecule is C1=C(c2ccc3c(c2)c2ccccc2n3-c2cccc(-c3nc(-c4ccccc4)c4sc5ccccc5c4n3)c2)C=C2c3ccccc3N(c3ccccc3)C2C1. The Bertz CT molecular complexity index is 3280. The number of aromatic nitrogens is 3. The zero-order chi connectivity index (χ0) is 37.5. The van der Waals surface area contributed by atoms with Crippen LogP contribution in [0.1, 0.15) is 17.5 Å². The smallest absolute Gasteiger partial charge is 0.160 e. The molecule has 268 valence electrons. The molecule has 1 unspecified atom stereocenters. The zero-order valence-corrected chi connectivity index (χ0v) is 31.7. The Hall–Kier alpha value is -7.08. The summed E-state index contributed by atoms with van der Waals surface area (Å²) in [6.07, 6.45) is 5.80. The fraction of sp³-hybridized carbons (Fsp3) is 0.0385. The molecule has 3 aromatic heterocycles. The lowest BCUT2D eigenvalue weighted by Gasteiger charge is -2.29. The van der Waals surface area contributed by atoms with Crippen molar-refractivity contribution in [3.8, 4) is 28.3 Å². The van der Waals surface area contributed by atoms with E-state index in [2.05, 4.69) is 198 Å². The average molecular weight is 747 g/mol. The van der Waals surface area contributed by atoms with E-state index >= 15 is 0 Å². The molecule has 0 fully saturated rings. The van der Waals surface area contributed by atoms with Gasteiger partial charge in [-0.3, -0.25) is 0 Å². The molecule has 4 heterocycles. The number of rotatable bonds is 5. The molecule has 2 aliphatic rings. The minimum absolute atomic E-state index is 0.276. The van der Waals surface area contributed by atoms with Gasteiger partial charge >= 0.3 is 0 Å². The first-order chi connectivity index (χ1) is 28.3. The van der Waals surface area contributed by atoms with Gasteiger partial charge in [0.1, 0.15) is 0 Å². The molecule has 0 saturated carbocycles. The third kappa shape index (κ3) is 5.06. The van der Waals surface area contributed by atoms with Gasteiger partial charge in [0.2, 0.25) is 0 Å². The lowest BCUT2D eigenvalue weighted by Crippen LogP contribution is -2.27. The molecule has 1 aliphatic heterocycles. The van der Waals surface area contributed by atoms with E-state index in [9.17, 15) is 0 Å². The van der Waals surface area contributed by atoms with Crippen molar-refractivity contribution < 1.29 is 0 Å². The van der Waals surface area contributed by atoms with Crippen molar-refractivity contribution >= 4 is 76.0 Å². The molecule has 10 aromatic rings. The highest BCUT2D eigenvalue weighted by atomic mass is 32.1. The second kappa shape index (κ2) is 12.7. The van der Waals surface area contributed by atoms with Crippen molar-refractivity contribution in [1.82, 2.24) is 14.5 Å². The summed E-state index contributed by atoms with van der Waals surface area (Å²) >= 11 is 1.76. The van der Waals surface area contributed by atoms with E-state index in [1.807, 2.05) is 0 Å². The van der Waals surface area contributed by atoms with Crippen molar-refractivity contribution in [3.05, 3.63) is 199 Å². The van der Waals surface area contributed by atoms with Crippen molar-refractivity contribution in [2.75, 3.05) is 4.90 Å². The van der Waals surface area contributed by atoms with Crippen molar-refractivity contribution in [2.24, 2.45) is 0 Å². The van der Waals surface area contributed by atoms with Gasteiger partial charge in [0.25, 0.3) is 0 Å². The third-order valence-corrected chi connectivity index (χ3v) is 12.9. The minimum Gasteiger partial charge on any atom is -0.333 e. The van der Waals surface area contributed by atoms with Crippen LogP contribution in [0.2, 0.25) is 0 Å². The number of hydrogen-bond donors (Lipinski definition) is 0. The molecular formula is C52H34N4S. The normalized spacial score (nSPS) is 14.9. The average Bonchev–Trinajstić information content (AvgIpc) is 3.94. The first-order valence-electron chi connectivity index (χ1n) is 19.5. The third-order valence-electron chi connectivity index (χ3n) is 11.7. The Balaban J connectivity index is 0.973. The lowest BCUT2D eigenvalue weighted by atomic mass is 9.89. The maximum Gasteiger partial charge on any atom is 0.160 e. The maximum atomic E-state index is 5.28. The number of allylic oxidation sites excluding steroid dienone is 2. The second-order valence-electron chi connectivity index (χ2n) is 14.9. The van der Waals surface area contributed by atoms with Crippen LogP contribution in [0.5, 0.6) is 0 Å². The van der Waals surface area contributed by atoms with Gasteiger partial charge in [-0.15, -0.1) is 11.3 Å². The van der Waals surface area contributed by atoms with E-state index in [0.29, 0.717) is 0 Å². The Morgan fingerprint density at radius 3 is 2.16 bits per heavy atom. The van der Waals surface area contributed by atoms with E-state index in [1.165, 1.54) is 60.2 Å². The van der Waals surface area contributed by atoms with E-state index in [-0.39, 0.29) is 6.04 Å². The zero-order valence-electron chi connectivity index (χ0n) is 30.9. The predicted molar refractivity (Wildman–Crippen MR) is 240 cm³/mol. The first-order valence-corrected chi connectivity index (χ1v) is 20.3. The Labute approximate surface area is 334 Å². The minimum atomic E-state index is 0.276. The van der Waals surface area contributed by atoms with Crippen LogP contribution in [0.3, 0.4) is 0 Å². The lowest BCUT2D eigenvalue weighted by molar-refractivity contribution is 0.831. The van der Waals surface area contributed by atoms with E-state index < -0.39 is 0 Å². The standard InChI is InChI=1S/C52H34N4S/c1-3-14-33(15-4-1)49-51-50(41-22-9-12-25-48(41)57-51)54-52(53-49)36-16-13-19-38(30-36)56-45-24-11-8-21-40(45)43-32-35(27-29-47(43)56)34-26-28-46-42(31-34)39-20-7-10-23-44(39)55(46)37-17-5-2-6-18-37/h1-27,29-32,46H,28H2. The summed E-state index contributed by atoms with van der Waals surface area (Å²) in [5.41, 5.74) is 15.2. The van der Waals surface area contributed by atoms with Crippen molar-refractivity contribution in [2.45, 2.75) is 12.5 Å². The van der Waals surface area contributed by atoms with Gasteiger partial charge in [-0.25, -0.2) is 9.97 Å². The molecule has 57 heavy (non-hydrogen) atoms. The molecule has 12 rings (SSSR count). The molecule has 0 amide bonds. The van der Waals surface area contributed by atoms with E-state index in [0.717, 1.165) is 50.4 Å². The quantitative estimate of drug-likeness (QED) is 0.176. The predicted octanol–water partition coefficient (Wildman–Crippen LogP) is 13.7.